The summed E-state index contributed by atoms with van der Waals surface area (Å²) in [7, 11) is 0. The molecule has 1 rings (SSSR count). The third kappa shape index (κ3) is 4.03. The SMILES string of the molecule is Cc1ccccc1CSCC(O)CBr. The van der Waals surface area contributed by atoms with Crippen LogP contribution in [0.25, 0.3) is 0 Å². The van der Waals surface area contributed by atoms with E-state index < -0.39 is 0 Å². The zero-order valence-electron chi connectivity index (χ0n) is 8.24. The Morgan fingerprint density at radius 2 is 2.14 bits per heavy atom. The number of aliphatic hydroxyl groups excluding tert-OH is 1. The van der Waals surface area contributed by atoms with E-state index in [9.17, 15) is 5.11 Å². The van der Waals surface area contributed by atoms with Crippen molar-refractivity contribution in [3.05, 3.63) is 35.4 Å². The Hall–Kier alpha value is 0.01000. The first-order valence-corrected chi connectivity index (χ1v) is 6.88. The van der Waals surface area contributed by atoms with E-state index in [1.807, 2.05) is 0 Å². The summed E-state index contributed by atoms with van der Waals surface area (Å²) in [5.74, 6) is 1.77. The molecule has 0 aliphatic heterocycles. The molecule has 0 radical (unpaired) electrons. The summed E-state index contributed by atoms with van der Waals surface area (Å²) in [6.45, 7) is 2.12. The van der Waals surface area contributed by atoms with Crippen molar-refractivity contribution in [2.45, 2.75) is 18.8 Å². The lowest BCUT2D eigenvalue weighted by molar-refractivity contribution is 0.226. The molecular weight excluding hydrogens is 260 g/mol. The quantitative estimate of drug-likeness (QED) is 0.834. The second-order valence-electron chi connectivity index (χ2n) is 3.25. The van der Waals surface area contributed by atoms with Gasteiger partial charge in [0.15, 0.2) is 0 Å². The van der Waals surface area contributed by atoms with E-state index in [1.165, 1.54) is 11.1 Å². The minimum absolute atomic E-state index is 0.232. The minimum atomic E-state index is -0.232. The third-order valence-corrected chi connectivity index (χ3v) is 3.89. The van der Waals surface area contributed by atoms with Crippen molar-refractivity contribution < 1.29 is 5.11 Å². The molecule has 78 valence electrons. The molecule has 0 bridgehead atoms. The van der Waals surface area contributed by atoms with Gasteiger partial charge in [-0.1, -0.05) is 40.2 Å². The van der Waals surface area contributed by atoms with Crippen LogP contribution in [-0.2, 0) is 5.75 Å². The lowest BCUT2D eigenvalue weighted by atomic mass is 10.1. The number of benzene rings is 1. The van der Waals surface area contributed by atoms with Crippen molar-refractivity contribution >= 4 is 27.7 Å². The number of aryl methyl sites for hydroxylation is 1. The summed E-state index contributed by atoms with van der Waals surface area (Å²) in [6, 6.07) is 8.38. The molecule has 0 aliphatic rings. The van der Waals surface area contributed by atoms with Crippen LogP contribution in [0.15, 0.2) is 24.3 Å². The predicted molar refractivity (Wildman–Crippen MR) is 67.1 cm³/mol. The van der Waals surface area contributed by atoms with E-state index in [0.717, 1.165) is 11.5 Å². The van der Waals surface area contributed by atoms with E-state index in [1.54, 1.807) is 11.8 Å². The molecule has 0 saturated heterocycles. The number of aliphatic hydroxyl groups is 1. The summed E-state index contributed by atoms with van der Waals surface area (Å²) >= 11 is 5.03. The summed E-state index contributed by atoms with van der Waals surface area (Å²) in [5.41, 5.74) is 2.69. The highest BCUT2D eigenvalue weighted by molar-refractivity contribution is 9.09. The fraction of sp³-hybridized carbons (Fsp3) is 0.455. The van der Waals surface area contributed by atoms with Gasteiger partial charge >= 0.3 is 0 Å². The van der Waals surface area contributed by atoms with Crippen LogP contribution >= 0.6 is 27.7 Å². The van der Waals surface area contributed by atoms with Crippen molar-refractivity contribution in [2.24, 2.45) is 0 Å². The molecule has 1 unspecified atom stereocenters. The van der Waals surface area contributed by atoms with Crippen molar-refractivity contribution in [2.75, 3.05) is 11.1 Å². The summed E-state index contributed by atoms with van der Waals surface area (Å²) in [6.07, 6.45) is -0.232. The highest BCUT2D eigenvalue weighted by Crippen LogP contribution is 2.16. The number of rotatable bonds is 5. The van der Waals surface area contributed by atoms with Gasteiger partial charge in [0.1, 0.15) is 0 Å². The van der Waals surface area contributed by atoms with Crippen LogP contribution in [0.5, 0.6) is 0 Å². The average molecular weight is 275 g/mol. The van der Waals surface area contributed by atoms with Gasteiger partial charge in [-0.2, -0.15) is 11.8 Å². The molecule has 1 N–H and O–H groups in total. The molecule has 0 spiro atoms. The van der Waals surface area contributed by atoms with Gasteiger partial charge in [0.2, 0.25) is 0 Å². The molecule has 3 heteroatoms. The van der Waals surface area contributed by atoms with E-state index in [-0.39, 0.29) is 6.10 Å². The maximum Gasteiger partial charge on any atom is 0.0727 e. The number of hydrogen-bond acceptors (Lipinski definition) is 2. The lowest BCUT2D eigenvalue weighted by Gasteiger charge is -2.07. The van der Waals surface area contributed by atoms with Gasteiger partial charge in [-0.3, -0.25) is 0 Å². The van der Waals surface area contributed by atoms with Crippen LogP contribution in [0.3, 0.4) is 0 Å². The average Bonchev–Trinajstić information content (AvgIpc) is 2.20. The second kappa shape index (κ2) is 6.49. The molecule has 1 nitrogen and oxygen atoms in total. The molecule has 1 aromatic carbocycles. The summed E-state index contributed by atoms with van der Waals surface area (Å²) in [4.78, 5) is 0. The number of alkyl halides is 1. The molecule has 14 heavy (non-hydrogen) atoms. The van der Waals surface area contributed by atoms with Crippen LogP contribution in [0.4, 0.5) is 0 Å². The van der Waals surface area contributed by atoms with Crippen LogP contribution < -0.4 is 0 Å². The Morgan fingerprint density at radius 3 is 2.79 bits per heavy atom. The molecule has 0 aliphatic carbocycles. The van der Waals surface area contributed by atoms with E-state index in [4.69, 9.17) is 0 Å². The van der Waals surface area contributed by atoms with Crippen LogP contribution in [0, 0.1) is 6.92 Å². The van der Waals surface area contributed by atoms with Crippen molar-refractivity contribution in [3.8, 4) is 0 Å². The number of thioether (sulfide) groups is 1. The monoisotopic (exact) mass is 274 g/mol. The number of halogens is 1. The van der Waals surface area contributed by atoms with Gasteiger partial charge in [-0.15, -0.1) is 0 Å². The molecule has 0 aromatic heterocycles. The van der Waals surface area contributed by atoms with Gasteiger partial charge in [-0.25, -0.2) is 0 Å². The molecule has 0 fully saturated rings. The largest absolute Gasteiger partial charge is 0.391 e. The molecular formula is C11H15BrOS. The van der Waals surface area contributed by atoms with Gasteiger partial charge in [0.05, 0.1) is 6.10 Å². The van der Waals surface area contributed by atoms with Crippen molar-refractivity contribution in [1.29, 1.82) is 0 Å². The Bertz CT molecular complexity index is 278. The van der Waals surface area contributed by atoms with E-state index >= 15 is 0 Å². The van der Waals surface area contributed by atoms with Crippen LogP contribution in [0.2, 0.25) is 0 Å². The zero-order chi connectivity index (χ0) is 10.4. The smallest absolute Gasteiger partial charge is 0.0727 e. The fourth-order valence-electron chi connectivity index (χ4n) is 1.12. The molecule has 0 saturated carbocycles. The highest BCUT2D eigenvalue weighted by atomic mass is 79.9. The van der Waals surface area contributed by atoms with E-state index in [0.29, 0.717) is 5.33 Å². The normalized spacial score (nSPS) is 12.8. The first-order valence-electron chi connectivity index (χ1n) is 4.60. The summed E-state index contributed by atoms with van der Waals surface area (Å²) in [5, 5.41) is 10.00. The standard InChI is InChI=1S/C11H15BrOS/c1-9-4-2-3-5-10(9)7-14-8-11(13)6-12/h2-5,11,13H,6-8H2,1H3. The Balaban J connectivity index is 2.35. The van der Waals surface area contributed by atoms with Gasteiger partial charge in [0.25, 0.3) is 0 Å². The van der Waals surface area contributed by atoms with Gasteiger partial charge in [0, 0.05) is 16.8 Å². The van der Waals surface area contributed by atoms with Crippen LogP contribution in [-0.4, -0.2) is 22.3 Å². The first kappa shape index (κ1) is 12.1. The third-order valence-electron chi connectivity index (χ3n) is 2.01. The minimum Gasteiger partial charge on any atom is -0.391 e. The van der Waals surface area contributed by atoms with Crippen LogP contribution in [0.1, 0.15) is 11.1 Å². The molecule has 1 atom stereocenters. The molecule has 1 aromatic rings. The number of hydrogen-bond donors (Lipinski definition) is 1. The topological polar surface area (TPSA) is 20.2 Å². The summed E-state index contributed by atoms with van der Waals surface area (Å²) < 4.78 is 0. The maximum absolute atomic E-state index is 9.34. The maximum atomic E-state index is 9.34. The van der Waals surface area contributed by atoms with Gasteiger partial charge in [-0.05, 0) is 18.1 Å². The highest BCUT2D eigenvalue weighted by Gasteiger charge is 2.02. The lowest BCUT2D eigenvalue weighted by Crippen LogP contribution is -2.11. The van der Waals surface area contributed by atoms with Gasteiger partial charge < -0.3 is 5.11 Å². The molecule has 0 amide bonds. The molecule has 0 heterocycles. The predicted octanol–water partition coefficient (Wildman–Crippen LogP) is 2.98. The Kier molecular flexibility index (Phi) is 5.60. The van der Waals surface area contributed by atoms with Crippen molar-refractivity contribution in [3.63, 3.8) is 0 Å². The van der Waals surface area contributed by atoms with Crippen molar-refractivity contribution in [1.82, 2.24) is 0 Å². The Morgan fingerprint density at radius 1 is 1.43 bits per heavy atom. The fourth-order valence-corrected chi connectivity index (χ4v) is 2.71. The van der Waals surface area contributed by atoms with E-state index in [2.05, 4.69) is 47.1 Å². The zero-order valence-corrected chi connectivity index (χ0v) is 10.6. The first-order chi connectivity index (χ1) is 6.74. The second-order valence-corrected chi connectivity index (χ2v) is 4.93. The Labute approximate surface area is 98.0 Å².